The second kappa shape index (κ2) is 9.66. The average Bonchev–Trinajstić information content (AvgIpc) is 3.20. The van der Waals surface area contributed by atoms with Gasteiger partial charge < -0.3 is 4.74 Å². The molecule has 0 spiro atoms. The maximum atomic E-state index is 13.4. The van der Waals surface area contributed by atoms with Crippen molar-refractivity contribution in [3.63, 3.8) is 0 Å². The molecule has 1 amide bonds. The number of carbonyl (C=O) groups excluding carboxylic acids is 1. The van der Waals surface area contributed by atoms with Crippen LogP contribution in [0.1, 0.15) is 57.2 Å². The molecular formula is C27H30ClN5O2. The predicted molar refractivity (Wildman–Crippen MR) is 139 cm³/mol. The molecule has 0 saturated carbocycles. The number of halogens is 1. The molecule has 0 aliphatic heterocycles. The second-order valence-electron chi connectivity index (χ2n) is 9.86. The summed E-state index contributed by atoms with van der Waals surface area (Å²) < 4.78 is 7.42. The lowest BCUT2D eigenvalue weighted by atomic mass is 10.0. The summed E-state index contributed by atoms with van der Waals surface area (Å²) >= 11 is 6.42. The molecule has 0 aliphatic carbocycles. The molecule has 3 heterocycles. The number of benzene rings is 1. The molecule has 35 heavy (non-hydrogen) atoms. The Bertz CT molecular complexity index is 1360. The maximum absolute atomic E-state index is 13.4. The van der Waals surface area contributed by atoms with Crippen LogP contribution >= 0.6 is 11.6 Å². The van der Waals surface area contributed by atoms with E-state index >= 15 is 0 Å². The van der Waals surface area contributed by atoms with Crippen molar-refractivity contribution in [1.29, 1.82) is 0 Å². The van der Waals surface area contributed by atoms with Gasteiger partial charge in [-0.25, -0.2) is 9.78 Å². The average molecular weight is 492 g/mol. The number of carbonyl (C=O) groups is 1. The van der Waals surface area contributed by atoms with Crippen molar-refractivity contribution in [3.8, 4) is 11.3 Å². The van der Waals surface area contributed by atoms with E-state index in [1.54, 1.807) is 27.9 Å². The minimum absolute atomic E-state index is 0.197. The first kappa shape index (κ1) is 24.7. The highest BCUT2D eigenvalue weighted by Gasteiger charge is 2.27. The van der Waals surface area contributed by atoms with E-state index in [9.17, 15) is 4.79 Å². The predicted octanol–water partition coefficient (Wildman–Crippen LogP) is 6.82. The Labute approximate surface area is 210 Å². The normalized spacial score (nSPS) is 11.8. The molecule has 4 rings (SSSR count). The van der Waals surface area contributed by atoms with Gasteiger partial charge in [0.2, 0.25) is 0 Å². The van der Waals surface area contributed by atoms with Gasteiger partial charge in [-0.15, -0.1) is 0 Å². The standard InChI is InChI=1S/C27H30ClN5O2/c1-17(2)21-15-30-33-24(14-23(28)31-25(21)33)32(26(34)35-27(4,5)6)16-19-10-11-20(18(3)13-19)22-9-7-8-12-29-22/h7-15,17H,16H2,1-6H3. The highest BCUT2D eigenvalue weighted by molar-refractivity contribution is 6.29. The van der Waals surface area contributed by atoms with Gasteiger partial charge in [0.05, 0.1) is 18.4 Å². The van der Waals surface area contributed by atoms with Crippen LogP contribution in [0.15, 0.2) is 54.9 Å². The topological polar surface area (TPSA) is 72.6 Å². The largest absolute Gasteiger partial charge is 0.443 e. The number of hydrogen-bond acceptors (Lipinski definition) is 5. The van der Waals surface area contributed by atoms with Crippen LogP contribution in [0.4, 0.5) is 10.6 Å². The van der Waals surface area contributed by atoms with E-state index in [4.69, 9.17) is 16.3 Å². The number of fused-ring (bicyclic) bond motifs is 1. The molecule has 4 aromatic rings. The Hall–Kier alpha value is -3.45. The number of ether oxygens (including phenoxy) is 1. The van der Waals surface area contributed by atoms with Gasteiger partial charge in [-0.2, -0.15) is 9.61 Å². The van der Waals surface area contributed by atoms with Crippen LogP contribution in [0.25, 0.3) is 16.9 Å². The quantitative estimate of drug-likeness (QED) is 0.286. The molecule has 0 bridgehead atoms. The fourth-order valence-corrected chi connectivity index (χ4v) is 4.08. The Kier molecular flexibility index (Phi) is 6.81. The Balaban J connectivity index is 1.78. The van der Waals surface area contributed by atoms with Crippen LogP contribution < -0.4 is 4.90 Å². The van der Waals surface area contributed by atoms with Crippen molar-refractivity contribution >= 4 is 29.2 Å². The molecule has 3 aromatic heterocycles. The van der Waals surface area contributed by atoms with Crippen molar-refractivity contribution in [1.82, 2.24) is 19.6 Å². The highest BCUT2D eigenvalue weighted by atomic mass is 35.5. The SMILES string of the molecule is Cc1cc(CN(C(=O)OC(C)(C)C)c2cc(Cl)nc3c(C(C)C)cnn23)ccc1-c1ccccn1. The number of hydrogen-bond donors (Lipinski definition) is 0. The molecule has 7 nitrogen and oxygen atoms in total. The number of aromatic nitrogens is 4. The molecule has 0 fully saturated rings. The molecule has 0 radical (unpaired) electrons. The number of aryl methyl sites for hydroxylation is 1. The van der Waals surface area contributed by atoms with Gasteiger partial charge in [-0.05, 0) is 56.9 Å². The fraction of sp³-hybridized carbons (Fsp3) is 0.333. The fourth-order valence-electron chi connectivity index (χ4n) is 3.91. The smallest absolute Gasteiger partial charge is 0.416 e. The van der Waals surface area contributed by atoms with E-state index < -0.39 is 11.7 Å². The Morgan fingerprint density at radius 2 is 1.94 bits per heavy atom. The molecule has 1 aromatic carbocycles. The third-order valence-electron chi connectivity index (χ3n) is 5.53. The number of pyridine rings is 1. The zero-order valence-electron chi connectivity index (χ0n) is 20.9. The van der Waals surface area contributed by atoms with Crippen molar-refractivity contribution in [2.24, 2.45) is 0 Å². The summed E-state index contributed by atoms with van der Waals surface area (Å²) in [6.45, 7) is 12.0. The molecule has 8 heteroatoms. The Morgan fingerprint density at radius 1 is 1.17 bits per heavy atom. The molecule has 0 atom stereocenters. The summed E-state index contributed by atoms with van der Waals surface area (Å²) in [5.41, 5.74) is 4.85. The molecule has 182 valence electrons. The monoisotopic (exact) mass is 491 g/mol. The summed E-state index contributed by atoms with van der Waals surface area (Å²) in [6.07, 6.45) is 3.06. The number of rotatable bonds is 5. The van der Waals surface area contributed by atoms with Crippen LogP contribution in [-0.2, 0) is 11.3 Å². The lowest BCUT2D eigenvalue weighted by Crippen LogP contribution is -2.37. The molecule has 0 aliphatic rings. The number of anilines is 1. The lowest BCUT2D eigenvalue weighted by molar-refractivity contribution is 0.0575. The Morgan fingerprint density at radius 3 is 2.57 bits per heavy atom. The van der Waals surface area contributed by atoms with E-state index in [0.717, 1.165) is 27.9 Å². The van der Waals surface area contributed by atoms with Crippen molar-refractivity contribution in [2.75, 3.05) is 4.90 Å². The second-order valence-corrected chi connectivity index (χ2v) is 10.2. The summed E-state index contributed by atoms with van der Waals surface area (Å²) in [4.78, 5) is 23.9. The molecule has 0 unspecified atom stereocenters. The van der Waals surface area contributed by atoms with Crippen LogP contribution in [0.3, 0.4) is 0 Å². The van der Waals surface area contributed by atoms with Crippen molar-refractivity contribution in [3.05, 3.63) is 76.7 Å². The third kappa shape index (κ3) is 5.46. The van der Waals surface area contributed by atoms with E-state index in [1.807, 2.05) is 58.0 Å². The first-order valence-electron chi connectivity index (χ1n) is 11.6. The van der Waals surface area contributed by atoms with Crippen molar-refractivity contribution < 1.29 is 9.53 Å². The van der Waals surface area contributed by atoms with Crippen molar-refractivity contribution in [2.45, 2.75) is 59.6 Å². The third-order valence-corrected chi connectivity index (χ3v) is 5.73. The van der Waals surface area contributed by atoms with Crippen LogP contribution in [-0.4, -0.2) is 31.3 Å². The van der Waals surface area contributed by atoms with Crippen LogP contribution in [0.2, 0.25) is 5.15 Å². The first-order valence-corrected chi connectivity index (χ1v) is 12.0. The van der Waals surface area contributed by atoms with E-state index in [1.165, 1.54) is 0 Å². The summed E-state index contributed by atoms with van der Waals surface area (Å²) in [5, 5.41) is 4.81. The van der Waals surface area contributed by atoms with E-state index in [-0.39, 0.29) is 17.6 Å². The van der Waals surface area contributed by atoms with Gasteiger partial charge in [0.25, 0.3) is 0 Å². The zero-order chi connectivity index (χ0) is 25.3. The van der Waals surface area contributed by atoms with E-state index in [0.29, 0.717) is 11.5 Å². The number of amides is 1. The van der Waals surface area contributed by atoms with Gasteiger partial charge in [-0.1, -0.05) is 49.7 Å². The zero-order valence-corrected chi connectivity index (χ0v) is 21.7. The van der Waals surface area contributed by atoms with Gasteiger partial charge in [0.15, 0.2) is 5.65 Å². The van der Waals surface area contributed by atoms with Gasteiger partial charge in [-0.3, -0.25) is 9.88 Å². The van der Waals surface area contributed by atoms with Crippen LogP contribution in [0.5, 0.6) is 0 Å². The van der Waals surface area contributed by atoms with Gasteiger partial charge in [0, 0.05) is 23.4 Å². The number of nitrogens with zero attached hydrogens (tertiary/aromatic N) is 5. The summed E-state index contributed by atoms with van der Waals surface area (Å²) in [7, 11) is 0. The van der Waals surface area contributed by atoms with Gasteiger partial charge in [0.1, 0.15) is 16.6 Å². The molecule has 0 N–H and O–H groups in total. The van der Waals surface area contributed by atoms with Gasteiger partial charge >= 0.3 is 6.09 Å². The summed E-state index contributed by atoms with van der Waals surface area (Å²) in [6, 6.07) is 13.6. The van der Waals surface area contributed by atoms with Crippen LogP contribution in [0, 0.1) is 6.92 Å². The highest BCUT2D eigenvalue weighted by Crippen LogP contribution is 2.29. The minimum Gasteiger partial charge on any atom is -0.443 e. The van der Waals surface area contributed by atoms with E-state index in [2.05, 4.69) is 35.0 Å². The minimum atomic E-state index is -0.669. The molecule has 0 saturated heterocycles. The summed E-state index contributed by atoms with van der Waals surface area (Å²) in [5.74, 6) is 0.690. The first-order chi connectivity index (χ1) is 16.5. The molecular weight excluding hydrogens is 462 g/mol. The maximum Gasteiger partial charge on any atom is 0.416 e. The lowest BCUT2D eigenvalue weighted by Gasteiger charge is -2.28.